The zero-order chi connectivity index (χ0) is 14.8. The molecule has 1 aromatic carbocycles. The number of hydrogen-bond acceptors (Lipinski definition) is 4. The van der Waals surface area contributed by atoms with Gasteiger partial charge >= 0.3 is 0 Å². The Morgan fingerprint density at radius 2 is 2.30 bits per heavy atom. The lowest BCUT2D eigenvalue weighted by molar-refractivity contribution is -0.0441. The molecule has 1 fully saturated rings. The summed E-state index contributed by atoms with van der Waals surface area (Å²) in [5.74, 6) is 0.0160. The minimum absolute atomic E-state index is 0.0160. The van der Waals surface area contributed by atoms with E-state index >= 15 is 0 Å². The fourth-order valence-electron chi connectivity index (χ4n) is 2.46. The van der Waals surface area contributed by atoms with Crippen LogP contribution >= 0.6 is 0 Å². The van der Waals surface area contributed by atoms with Crippen molar-refractivity contribution in [3.8, 4) is 6.07 Å². The predicted octanol–water partition coefficient (Wildman–Crippen LogP) is 2.77. The molecule has 1 aliphatic rings. The molecule has 0 bridgehead atoms. The highest BCUT2D eigenvalue weighted by molar-refractivity contribution is 5.95. The van der Waals surface area contributed by atoms with Crippen LogP contribution in [-0.2, 0) is 4.74 Å². The number of rotatable bonds is 3. The number of anilines is 1. The monoisotopic (exact) mass is 272 g/mol. The Balaban J connectivity index is 2.38. The summed E-state index contributed by atoms with van der Waals surface area (Å²) in [6.45, 7) is 7.84. The number of ether oxygens (including phenoxy) is 1. The second-order valence-electron chi connectivity index (χ2n) is 5.47. The standard InChI is InChI=1S/C16H20N2O2/c1-4-16(3)11-18(7-8-20-16)15-9-13(12(2)19)5-6-14(15)10-17/h5-6,9H,4,7-8,11H2,1-3H3. The molecule has 0 N–H and O–H groups in total. The molecule has 0 spiro atoms. The lowest BCUT2D eigenvalue weighted by Crippen LogP contribution is -2.50. The van der Waals surface area contributed by atoms with E-state index in [9.17, 15) is 10.1 Å². The first-order valence-electron chi connectivity index (χ1n) is 6.93. The van der Waals surface area contributed by atoms with Gasteiger partial charge in [-0.3, -0.25) is 4.79 Å². The highest BCUT2D eigenvalue weighted by Gasteiger charge is 2.31. The van der Waals surface area contributed by atoms with Crippen LogP contribution in [0.2, 0.25) is 0 Å². The van der Waals surface area contributed by atoms with E-state index in [-0.39, 0.29) is 11.4 Å². The molecule has 2 rings (SSSR count). The van der Waals surface area contributed by atoms with E-state index in [2.05, 4.69) is 24.8 Å². The van der Waals surface area contributed by atoms with Crippen LogP contribution in [0.25, 0.3) is 0 Å². The number of carbonyl (C=O) groups is 1. The average molecular weight is 272 g/mol. The van der Waals surface area contributed by atoms with Gasteiger partial charge in [0.15, 0.2) is 5.78 Å². The van der Waals surface area contributed by atoms with Crippen LogP contribution in [0.5, 0.6) is 0 Å². The maximum atomic E-state index is 11.5. The van der Waals surface area contributed by atoms with Gasteiger partial charge < -0.3 is 9.64 Å². The molecule has 4 heteroatoms. The quantitative estimate of drug-likeness (QED) is 0.794. The average Bonchev–Trinajstić information content (AvgIpc) is 2.46. The van der Waals surface area contributed by atoms with E-state index in [1.807, 2.05) is 6.07 Å². The number of ketones is 1. The minimum atomic E-state index is -0.197. The molecule has 0 radical (unpaired) electrons. The first kappa shape index (κ1) is 14.5. The van der Waals surface area contributed by atoms with Gasteiger partial charge in [-0.2, -0.15) is 5.26 Å². The summed E-state index contributed by atoms with van der Waals surface area (Å²) in [7, 11) is 0. The van der Waals surface area contributed by atoms with Crippen molar-refractivity contribution in [2.45, 2.75) is 32.8 Å². The van der Waals surface area contributed by atoms with Crippen molar-refractivity contribution in [3.05, 3.63) is 29.3 Å². The Bertz CT molecular complexity index is 562. The van der Waals surface area contributed by atoms with E-state index in [0.717, 1.165) is 25.2 Å². The van der Waals surface area contributed by atoms with E-state index in [4.69, 9.17) is 4.74 Å². The summed E-state index contributed by atoms with van der Waals surface area (Å²) < 4.78 is 5.83. The van der Waals surface area contributed by atoms with E-state index in [1.54, 1.807) is 19.1 Å². The van der Waals surface area contributed by atoms with Gasteiger partial charge in [-0.1, -0.05) is 6.92 Å². The summed E-state index contributed by atoms with van der Waals surface area (Å²) in [5.41, 5.74) is 1.89. The summed E-state index contributed by atoms with van der Waals surface area (Å²) in [5, 5.41) is 9.27. The van der Waals surface area contributed by atoms with Gasteiger partial charge in [-0.05, 0) is 38.5 Å². The topological polar surface area (TPSA) is 53.3 Å². The molecule has 0 saturated carbocycles. The van der Waals surface area contributed by atoms with Crippen LogP contribution in [0.15, 0.2) is 18.2 Å². The Morgan fingerprint density at radius 1 is 1.55 bits per heavy atom. The molecular weight excluding hydrogens is 252 g/mol. The van der Waals surface area contributed by atoms with Crippen molar-refractivity contribution in [2.75, 3.05) is 24.6 Å². The van der Waals surface area contributed by atoms with Gasteiger partial charge in [0.2, 0.25) is 0 Å². The van der Waals surface area contributed by atoms with Gasteiger partial charge in [-0.25, -0.2) is 0 Å². The highest BCUT2D eigenvalue weighted by Crippen LogP contribution is 2.29. The number of nitrogens with zero attached hydrogens (tertiary/aromatic N) is 2. The van der Waals surface area contributed by atoms with Gasteiger partial charge in [0.25, 0.3) is 0 Å². The largest absolute Gasteiger partial charge is 0.372 e. The molecule has 0 amide bonds. The van der Waals surface area contributed by atoms with Crippen LogP contribution in [-0.4, -0.2) is 31.1 Å². The lowest BCUT2D eigenvalue weighted by Gasteiger charge is -2.41. The lowest BCUT2D eigenvalue weighted by atomic mass is 9.99. The molecule has 0 aliphatic carbocycles. The van der Waals surface area contributed by atoms with Crippen LogP contribution in [0.3, 0.4) is 0 Å². The number of carbonyl (C=O) groups excluding carboxylic acids is 1. The van der Waals surface area contributed by atoms with Gasteiger partial charge in [0.1, 0.15) is 6.07 Å². The van der Waals surface area contributed by atoms with Crippen molar-refractivity contribution >= 4 is 11.5 Å². The Labute approximate surface area is 120 Å². The van der Waals surface area contributed by atoms with Gasteiger partial charge in [-0.15, -0.1) is 0 Å². The van der Waals surface area contributed by atoms with Crippen molar-refractivity contribution in [3.63, 3.8) is 0 Å². The van der Waals surface area contributed by atoms with E-state index in [1.165, 1.54) is 0 Å². The summed E-state index contributed by atoms with van der Waals surface area (Å²) in [4.78, 5) is 13.7. The maximum absolute atomic E-state index is 11.5. The number of Topliss-reactive ketones (excluding diaryl/α,β-unsaturated/α-hetero) is 1. The Hall–Kier alpha value is -1.86. The van der Waals surface area contributed by atoms with Crippen LogP contribution in [0.1, 0.15) is 43.1 Å². The summed E-state index contributed by atoms with van der Waals surface area (Å²) in [6.07, 6.45) is 0.914. The number of benzene rings is 1. The van der Waals surface area contributed by atoms with Gasteiger partial charge in [0.05, 0.1) is 23.5 Å². The SMILES string of the molecule is CCC1(C)CN(c2cc(C(C)=O)ccc2C#N)CCO1. The predicted molar refractivity (Wildman–Crippen MR) is 78.0 cm³/mol. The summed E-state index contributed by atoms with van der Waals surface area (Å²) in [6, 6.07) is 7.47. The first-order valence-corrected chi connectivity index (χ1v) is 6.93. The Kier molecular flexibility index (Phi) is 4.10. The van der Waals surface area contributed by atoms with Crippen LogP contribution in [0.4, 0.5) is 5.69 Å². The number of nitriles is 1. The summed E-state index contributed by atoms with van der Waals surface area (Å²) >= 11 is 0. The second-order valence-corrected chi connectivity index (χ2v) is 5.47. The molecule has 0 aromatic heterocycles. The molecule has 1 atom stereocenters. The minimum Gasteiger partial charge on any atom is -0.372 e. The highest BCUT2D eigenvalue weighted by atomic mass is 16.5. The fraction of sp³-hybridized carbons (Fsp3) is 0.500. The first-order chi connectivity index (χ1) is 9.49. The van der Waals surface area contributed by atoms with Crippen molar-refractivity contribution < 1.29 is 9.53 Å². The van der Waals surface area contributed by atoms with Crippen LogP contribution in [0, 0.1) is 11.3 Å². The maximum Gasteiger partial charge on any atom is 0.159 e. The molecule has 1 heterocycles. The fourth-order valence-corrected chi connectivity index (χ4v) is 2.46. The molecule has 1 saturated heterocycles. The molecule has 20 heavy (non-hydrogen) atoms. The third kappa shape index (κ3) is 2.83. The van der Waals surface area contributed by atoms with Crippen molar-refractivity contribution in [1.82, 2.24) is 0 Å². The van der Waals surface area contributed by atoms with E-state index < -0.39 is 0 Å². The van der Waals surface area contributed by atoms with Gasteiger partial charge in [0, 0.05) is 18.7 Å². The zero-order valence-electron chi connectivity index (χ0n) is 12.3. The number of hydrogen-bond donors (Lipinski definition) is 0. The Morgan fingerprint density at radius 3 is 2.90 bits per heavy atom. The molecule has 4 nitrogen and oxygen atoms in total. The van der Waals surface area contributed by atoms with Crippen LogP contribution < -0.4 is 4.90 Å². The molecule has 1 unspecified atom stereocenters. The normalized spacial score (nSPS) is 22.4. The smallest absolute Gasteiger partial charge is 0.159 e. The number of morpholine rings is 1. The van der Waals surface area contributed by atoms with Crippen molar-refractivity contribution in [2.24, 2.45) is 0 Å². The second kappa shape index (κ2) is 5.64. The third-order valence-electron chi connectivity index (χ3n) is 3.95. The molecular formula is C16H20N2O2. The van der Waals surface area contributed by atoms with E-state index in [0.29, 0.717) is 17.7 Å². The zero-order valence-corrected chi connectivity index (χ0v) is 12.3. The molecule has 1 aromatic rings. The molecule has 1 aliphatic heterocycles. The van der Waals surface area contributed by atoms with Crippen molar-refractivity contribution in [1.29, 1.82) is 5.26 Å². The molecule has 106 valence electrons. The third-order valence-corrected chi connectivity index (χ3v) is 3.95.